The van der Waals surface area contributed by atoms with Gasteiger partial charge in [0.15, 0.2) is 0 Å². The Labute approximate surface area is 142 Å². The smallest absolute Gasteiger partial charge is 0.405 e. The first-order valence-electron chi connectivity index (χ1n) is 7.60. The quantitative estimate of drug-likeness (QED) is 0.682. The zero-order chi connectivity index (χ0) is 18.1. The summed E-state index contributed by atoms with van der Waals surface area (Å²) in [6, 6.07) is 10.6. The fourth-order valence-electron chi connectivity index (χ4n) is 2.94. The number of nitrogens with two attached hydrogens (primary N) is 1. The van der Waals surface area contributed by atoms with E-state index in [4.69, 9.17) is 10.5 Å². The minimum absolute atomic E-state index is 0.0844. The average Bonchev–Trinajstić information content (AvgIpc) is 2.81. The molecule has 1 aliphatic heterocycles. The zero-order valence-electron chi connectivity index (χ0n) is 13.4. The highest BCUT2D eigenvalue weighted by molar-refractivity contribution is 6.47. The number of ether oxygens (including phenoxy) is 1. The van der Waals surface area contributed by atoms with Crippen LogP contribution in [0.5, 0.6) is 0 Å². The van der Waals surface area contributed by atoms with Crippen LogP contribution in [0.15, 0.2) is 42.5 Å². The molecule has 0 aliphatic carbocycles. The number of amides is 1. The topological polar surface area (TPSA) is 95.5 Å². The Hall–Kier alpha value is -3.22. The number of carbonyl (C=O) groups excluding carboxylic acids is 2. The van der Waals surface area contributed by atoms with Crippen LogP contribution in [0, 0.1) is 11.0 Å². The van der Waals surface area contributed by atoms with E-state index in [9.17, 15) is 19.2 Å². The van der Waals surface area contributed by atoms with Crippen LogP contribution < -0.4 is 5.73 Å². The minimum Gasteiger partial charge on any atom is -0.618 e. The van der Waals surface area contributed by atoms with E-state index in [1.54, 1.807) is 24.3 Å². The van der Waals surface area contributed by atoms with Crippen LogP contribution in [0.3, 0.4) is 0 Å². The van der Waals surface area contributed by atoms with Crippen LogP contribution in [0.1, 0.15) is 34.5 Å². The lowest BCUT2D eigenvalue weighted by atomic mass is 9.96. The van der Waals surface area contributed by atoms with Gasteiger partial charge in [-0.25, -0.2) is 9.18 Å². The van der Waals surface area contributed by atoms with Gasteiger partial charge < -0.3 is 15.7 Å². The third-order valence-electron chi connectivity index (χ3n) is 4.10. The number of ketones is 1. The number of hydrogen-bond acceptors (Lipinski definition) is 4. The lowest BCUT2D eigenvalue weighted by molar-refractivity contribution is -0.357. The number of primary amides is 1. The number of nitrogens with zero attached hydrogens (tertiary/aromatic N) is 1. The van der Waals surface area contributed by atoms with Crippen LogP contribution in [-0.2, 0) is 11.2 Å². The second kappa shape index (κ2) is 6.35. The van der Waals surface area contributed by atoms with Crippen molar-refractivity contribution in [3.05, 3.63) is 70.2 Å². The first kappa shape index (κ1) is 16.6. The molecule has 0 fully saturated rings. The molecular formula is C18H15FN2O4. The molecule has 0 aromatic heterocycles. The number of benzene rings is 2. The number of rotatable bonds is 4. The molecule has 0 radical (unpaired) electrons. The normalized spacial score (nSPS) is 14.4. The second-order valence-electron chi connectivity index (χ2n) is 5.65. The van der Waals surface area contributed by atoms with E-state index in [-0.39, 0.29) is 28.9 Å². The molecule has 3 rings (SSSR count). The molecule has 1 amide bonds. The molecule has 0 bridgehead atoms. The number of halogens is 1. The number of fused-ring (bicyclic) bond motifs is 1. The summed E-state index contributed by atoms with van der Waals surface area (Å²) in [5.41, 5.74) is 5.92. The highest BCUT2D eigenvalue weighted by atomic mass is 19.1. The molecule has 7 heteroatoms. The fourth-order valence-corrected chi connectivity index (χ4v) is 2.94. The maximum Gasteiger partial charge on any atom is 0.405 e. The lowest BCUT2D eigenvalue weighted by Gasteiger charge is -2.16. The van der Waals surface area contributed by atoms with E-state index in [0.717, 1.165) is 0 Å². The van der Waals surface area contributed by atoms with E-state index in [0.29, 0.717) is 10.3 Å². The van der Waals surface area contributed by atoms with Crippen molar-refractivity contribution < 1.29 is 23.5 Å². The third-order valence-corrected chi connectivity index (χ3v) is 4.10. The highest BCUT2D eigenvalue weighted by Crippen LogP contribution is 2.29. The maximum atomic E-state index is 14.4. The monoisotopic (exact) mass is 342 g/mol. The van der Waals surface area contributed by atoms with Crippen LogP contribution in [0.25, 0.3) is 0 Å². The van der Waals surface area contributed by atoms with Gasteiger partial charge >= 0.3 is 6.09 Å². The number of carbonyl (C=O) groups is 2. The Morgan fingerprint density at radius 1 is 1.28 bits per heavy atom. The van der Waals surface area contributed by atoms with Crippen molar-refractivity contribution in [1.82, 2.24) is 0 Å². The predicted molar refractivity (Wildman–Crippen MR) is 88.3 cm³/mol. The molecule has 6 nitrogen and oxygen atoms in total. The third kappa shape index (κ3) is 2.96. The first-order valence-corrected chi connectivity index (χ1v) is 7.60. The molecule has 25 heavy (non-hydrogen) atoms. The molecule has 0 saturated heterocycles. The zero-order valence-corrected chi connectivity index (χ0v) is 13.4. The Kier molecular flexibility index (Phi) is 4.22. The van der Waals surface area contributed by atoms with Gasteiger partial charge in [-0.15, -0.1) is 0 Å². The summed E-state index contributed by atoms with van der Waals surface area (Å²) in [6.45, 7) is 1.54. The molecule has 1 unspecified atom stereocenters. The standard InChI is InChI=1S/C18H15FN2O4/c1-10(25-18(20)23)11-6-4-7-14(19)13(11)9-16-17(22)12-5-2-3-8-15(12)21(16)24/h2-8,10H,9H2,1H3,(H2,20,23). The van der Waals surface area contributed by atoms with Crippen LogP contribution in [0.4, 0.5) is 14.9 Å². The molecule has 128 valence electrons. The van der Waals surface area contributed by atoms with Gasteiger partial charge in [0.05, 0.1) is 6.42 Å². The molecule has 1 atom stereocenters. The Balaban J connectivity index is 2.01. The van der Waals surface area contributed by atoms with E-state index >= 15 is 0 Å². The van der Waals surface area contributed by atoms with Crippen LogP contribution in [0.2, 0.25) is 0 Å². The van der Waals surface area contributed by atoms with Gasteiger partial charge in [0.1, 0.15) is 17.5 Å². The van der Waals surface area contributed by atoms with Gasteiger partial charge in [0.2, 0.25) is 11.4 Å². The van der Waals surface area contributed by atoms with Gasteiger partial charge in [-0.1, -0.05) is 24.3 Å². The van der Waals surface area contributed by atoms with Crippen molar-refractivity contribution in [2.24, 2.45) is 5.73 Å². The summed E-state index contributed by atoms with van der Waals surface area (Å²) >= 11 is 0. The van der Waals surface area contributed by atoms with Gasteiger partial charge in [-0.2, -0.15) is 4.74 Å². The van der Waals surface area contributed by atoms with Gasteiger partial charge in [-0.3, -0.25) is 4.79 Å². The molecule has 1 aliphatic rings. The van der Waals surface area contributed by atoms with Crippen molar-refractivity contribution in [2.45, 2.75) is 19.4 Å². The summed E-state index contributed by atoms with van der Waals surface area (Å²) in [7, 11) is 0. The highest BCUT2D eigenvalue weighted by Gasteiger charge is 2.36. The first-order chi connectivity index (χ1) is 11.9. The van der Waals surface area contributed by atoms with E-state index in [1.165, 1.54) is 25.1 Å². The van der Waals surface area contributed by atoms with Crippen LogP contribution in [-0.4, -0.2) is 22.3 Å². The maximum absolute atomic E-state index is 14.4. The summed E-state index contributed by atoms with van der Waals surface area (Å²) in [5.74, 6) is -1.04. The number of hydrogen-bond donors (Lipinski definition) is 1. The van der Waals surface area contributed by atoms with Crippen molar-refractivity contribution >= 4 is 23.3 Å². The van der Waals surface area contributed by atoms with E-state index in [1.807, 2.05) is 0 Å². The minimum atomic E-state index is -0.995. The average molecular weight is 342 g/mol. The largest absolute Gasteiger partial charge is 0.618 e. The van der Waals surface area contributed by atoms with Crippen molar-refractivity contribution in [3.63, 3.8) is 0 Å². The molecule has 2 N–H and O–H groups in total. The Morgan fingerprint density at radius 3 is 2.68 bits per heavy atom. The number of Topliss-reactive ketones (excluding diaryl/α,β-unsaturated/α-hetero) is 1. The SMILES string of the molecule is CC(OC(N)=O)c1cccc(F)c1CC1=[N+]([O-])c2ccccc2C1=O. The predicted octanol–water partition coefficient (Wildman–Crippen LogP) is 3.00. The van der Waals surface area contributed by atoms with Gasteiger partial charge in [-0.05, 0) is 24.6 Å². The molecule has 1 heterocycles. The van der Waals surface area contributed by atoms with E-state index in [2.05, 4.69) is 0 Å². The van der Waals surface area contributed by atoms with E-state index < -0.39 is 23.8 Å². The molecule has 0 spiro atoms. The molecule has 2 aromatic rings. The Bertz CT molecular complexity index is 908. The Morgan fingerprint density at radius 2 is 2.00 bits per heavy atom. The molecule has 2 aromatic carbocycles. The number of para-hydroxylation sites is 1. The van der Waals surface area contributed by atoms with Crippen molar-refractivity contribution in [3.8, 4) is 0 Å². The summed E-state index contributed by atoms with van der Waals surface area (Å²) in [6.07, 6.45) is -2.03. The molecule has 0 saturated carbocycles. The van der Waals surface area contributed by atoms with Crippen molar-refractivity contribution in [1.29, 1.82) is 0 Å². The van der Waals surface area contributed by atoms with Gasteiger partial charge in [0, 0.05) is 11.6 Å². The summed E-state index contributed by atoms with van der Waals surface area (Å²) < 4.78 is 19.8. The molecular weight excluding hydrogens is 327 g/mol. The lowest BCUT2D eigenvalue weighted by Crippen LogP contribution is -2.21. The summed E-state index contributed by atoms with van der Waals surface area (Å²) in [5, 5.41) is 12.4. The van der Waals surface area contributed by atoms with Gasteiger partial charge in [0.25, 0.3) is 5.78 Å². The second-order valence-corrected chi connectivity index (χ2v) is 5.65. The van der Waals surface area contributed by atoms with Crippen LogP contribution >= 0.6 is 0 Å². The van der Waals surface area contributed by atoms with Crippen molar-refractivity contribution in [2.75, 3.05) is 0 Å². The fraction of sp³-hybridized carbons (Fsp3) is 0.167. The summed E-state index contributed by atoms with van der Waals surface area (Å²) in [4.78, 5) is 23.4.